The molecule has 1 atom stereocenters. The van der Waals surface area contributed by atoms with E-state index in [9.17, 15) is 18.4 Å². The van der Waals surface area contributed by atoms with Gasteiger partial charge in [-0.25, -0.2) is 13.6 Å². The van der Waals surface area contributed by atoms with Gasteiger partial charge in [0.2, 0.25) is 5.91 Å². The Balaban J connectivity index is 1.63. The van der Waals surface area contributed by atoms with Gasteiger partial charge in [0, 0.05) is 32.6 Å². The lowest BCUT2D eigenvalue weighted by atomic mass is 10.00. The molecule has 1 unspecified atom stereocenters. The van der Waals surface area contributed by atoms with E-state index in [1.165, 1.54) is 12.3 Å². The zero-order valence-electron chi connectivity index (χ0n) is 15.7. The molecule has 2 amide bonds. The normalized spacial score (nSPS) is 24.5. The van der Waals surface area contributed by atoms with Gasteiger partial charge < -0.3 is 20.3 Å². The molecule has 1 aromatic rings. The molecule has 7 nitrogen and oxygen atoms in total. The third-order valence-corrected chi connectivity index (χ3v) is 4.89. The monoisotopic (exact) mass is 382 g/mol. The zero-order valence-corrected chi connectivity index (χ0v) is 15.7. The number of aromatic nitrogens is 1. The van der Waals surface area contributed by atoms with Gasteiger partial charge in [-0.05, 0) is 32.9 Å². The van der Waals surface area contributed by atoms with Crippen molar-refractivity contribution in [3.63, 3.8) is 0 Å². The van der Waals surface area contributed by atoms with Crippen LogP contribution in [-0.4, -0.2) is 59.6 Å². The Morgan fingerprint density at radius 2 is 1.78 bits per heavy atom. The molecule has 0 bridgehead atoms. The van der Waals surface area contributed by atoms with E-state index in [-0.39, 0.29) is 11.8 Å². The molecule has 1 aromatic heterocycles. The summed E-state index contributed by atoms with van der Waals surface area (Å²) in [6.45, 7) is 7.55. The summed E-state index contributed by atoms with van der Waals surface area (Å²) in [5, 5.41) is 0. The van der Waals surface area contributed by atoms with Crippen molar-refractivity contribution in [3.8, 4) is 0 Å². The number of piperazine rings is 1. The first-order valence-corrected chi connectivity index (χ1v) is 8.83. The molecule has 27 heavy (non-hydrogen) atoms. The number of hydrogen-bond acceptors (Lipinski definition) is 5. The fourth-order valence-corrected chi connectivity index (χ4v) is 3.26. The number of halogens is 2. The molecule has 9 heteroatoms. The Morgan fingerprint density at radius 3 is 2.19 bits per heavy atom. The second-order valence-electron chi connectivity index (χ2n) is 8.01. The number of hydrogen-bond donors (Lipinski definition) is 1. The average molecular weight is 382 g/mol. The molecule has 1 aliphatic carbocycles. The highest BCUT2D eigenvalue weighted by molar-refractivity contribution is 5.91. The number of pyridine rings is 1. The molecule has 2 fully saturated rings. The van der Waals surface area contributed by atoms with Gasteiger partial charge in [0.1, 0.15) is 5.60 Å². The van der Waals surface area contributed by atoms with Crippen LogP contribution in [0.1, 0.15) is 32.9 Å². The molecule has 2 aliphatic rings. The Morgan fingerprint density at radius 1 is 1.19 bits per heavy atom. The molecule has 148 valence electrons. The highest BCUT2D eigenvalue weighted by Gasteiger charge is 2.77. The van der Waals surface area contributed by atoms with Crippen molar-refractivity contribution in [1.82, 2.24) is 9.88 Å². The maximum absolute atomic E-state index is 13.7. The smallest absolute Gasteiger partial charge is 0.410 e. The van der Waals surface area contributed by atoms with Crippen molar-refractivity contribution in [1.29, 1.82) is 0 Å². The number of rotatable bonds is 3. The third-order valence-electron chi connectivity index (χ3n) is 4.89. The van der Waals surface area contributed by atoms with Crippen LogP contribution in [0.4, 0.5) is 19.3 Å². The van der Waals surface area contributed by atoms with E-state index in [1.54, 1.807) is 11.0 Å². The predicted molar refractivity (Wildman–Crippen MR) is 94.7 cm³/mol. The largest absolute Gasteiger partial charge is 0.444 e. The molecule has 0 spiro atoms. The first-order valence-electron chi connectivity index (χ1n) is 8.83. The Hall–Kier alpha value is -2.45. The van der Waals surface area contributed by atoms with E-state index in [2.05, 4.69) is 4.98 Å². The van der Waals surface area contributed by atoms with Crippen molar-refractivity contribution in [3.05, 3.63) is 24.0 Å². The molecular formula is C18H24F2N4O3. The van der Waals surface area contributed by atoms with Crippen LogP contribution in [0.2, 0.25) is 0 Å². The van der Waals surface area contributed by atoms with Crippen LogP contribution in [0.25, 0.3) is 0 Å². The van der Waals surface area contributed by atoms with E-state index in [0.717, 1.165) is 5.69 Å². The van der Waals surface area contributed by atoms with E-state index in [4.69, 9.17) is 10.5 Å². The maximum Gasteiger partial charge on any atom is 0.410 e. The van der Waals surface area contributed by atoms with Crippen molar-refractivity contribution in [2.75, 3.05) is 31.1 Å². The number of nitrogens with two attached hydrogens (primary N) is 1. The number of anilines is 1. The summed E-state index contributed by atoms with van der Waals surface area (Å²) in [6.07, 6.45) is 0.517. The quantitative estimate of drug-likeness (QED) is 0.863. The van der Waals surface area contributed by atoms with Crippen LogP contribution >= 0.6 is 0 Å². The van der Waals surface area contributed by atoms with Crippen LogP contribution < -0.4 is 10.6 Å². The second-order valence-corrected chi connectivity index (χ2v) is 8.01. The minimum atomic E-state index is -3.15. The summed E-state index contributed by atoms with van der Waals surface area (Å²) in [6, 6.07) is 3.09. The Labute approximate surface area is 156 Å². The van der Waals surface area contributed by atoms with Crippen LogP contribution in [0.5, 0.6) is 0 Å². The van der Waals surface area contributed by atoms with Gasteiger partial charge in [-0.1, -0.05) is 0 Å². The summed E-state index contributed by atoms with van der Waals surface area (Å²) >= 11 is 0. The maximum atomic E-state index is 13.7. The Kier molecular flexibility index (Phi) is 4.52. The summed E-state index contributed by atoms with van der Waals surface area (Å²) < 4.78 is 32.7. The molecule has 2 N–H and O–H groups in total. The lowest BCUT2D eigenvalue weighted by Gasteiger charge is -2.36. The fourth-order valence-electron chi connectivity index (χ4n) is 3.26. The third kappa shape index (κ3) is 3.54. The van der Waals surface area contributed by atoms with Crippen molar-refractivity contribution < 1.29 is 23.1 Å². The lowest BCUT2D eigenvalue weighted by molar-refractivity contribution is -0.123. The zero-order chi connectivity index (χ0) is 20.0. The Bertz CT molecular complexity index is 740. The first-order chi connectivity index (χ1) is 12.5. The number of primary amides is 1. The summed E-state index contributed by atoms with van der Waals surface area (Å²) in [4.78, 5) is 31.3. The van der Waals surface area contributed by atoms with E-state index >= 15 is 0 Å². The van der Waals surface area contributed by atoms with Gasteiger partial charge in [-0.3, -0.25) is 9.78 Å². The van der Waals surface area contributed by atoms with Crippen molar-refractivity contribution >= 4 is 17.7 Å². The minimum Gasteiger partial charge on any atom is -0.444 e. The van der Waals surface area contributed by atoms with Crippen molar-refractivity contribution in [2.24, 2.45) is 5.73 Å². The molecular weight excluding hydrogens is 358 g/mol. The SMILES string of the molecule is CC(C)(C)OC(=O)N1CCN(c2ccc(C3(C(N)=O)CC3(F)F)nc2)CC1. The lowest BCUT2D eigenvalue weighted by Crippen LogP contribution is -2.50. The number of amides is 2. The summed E-state index contributed by atoms with van der Waals surface area (Å²) in [7, 11) is 0. The highest BCUT2D eigenvalue weighted by atomic mass is 19.3. The highest BCUT2D eigenvalue weighted by Crippen LogP contribution is 2.60. The number of ether oxygens (including phenoxy) is 1. The fraction of sp³-hybridized carbons (Fsp3) is 0.611. The molecule has 1 saturated heterocycles. The standard InChI is InChI=1S/C18H24F2N4O3/c1-16(2,3)27-15(26)24-8-6-23(7-9-24)12-4-5-13(22-10-12)17(14(21)25)11-18(17,19)20/h4-5,10H,6-9,11H2,1-3H3,(H2,21,25). The van der Waals surface area contributed by atoms with Gasteiger partial charge in [0.25, 0.3) is 5.92 Å². The minimum absolute atomic E-state index is 0.00357. The van der Waals surface area contributed by atoms with Gasteiger partial charge in [-0.2, -0.15) is 0 Å². The van der Waals surface area contributed by atoms with Crippen LogP contribution in [0, 0.1) is 0 Å². The van der Waals surface area contributed by atoms with Crippen LogP contribution in [0.15, 0.2) is 18.3 Å². The van der Waals surface area contributed by atoms with Gasteiger partial charge in [-0.15, -0.1) is 0 Å². The second kappa shape index (κ2) is 6.31. The number of nitrogens with zero attached hydrogens (tertiary/aromatic N) is 3. The molecule has 2 heterocycles. The van der Waals surface area contributed by atoms with E-state index in [1.807, 2.05) is 25.7 Å². The summed E-state index contributed by atoms with van der Waals surface area (Å²) in [5.74, 6) is -4.20. The van der Waals surface area contributed by atoms with Crippen LogP contribution in [0.3, 0.4) is 0 Å². The average Bonchev–Trinajstić information content (AvgIpc) is 3.18. The number of carbonyl (C=O) groups is 2. The molecule has 1 aliphatic heterocycles. The predicted octanol–water partition coefficient (Wildman–Crippen LogP) is 1.90. The van der Waals surface area contributed by atoms with E-state index < -0.39 is 29.3 Å². The summed E-state index contributed by atoms with van der Waals surface area (Å²) in [5.41, 5.74) is 3.40. The molecule has 3 rings (SSSR count). The number of alkyl halides is 2. The number of carbonyl (C=O) groups excluding carboxylic acids is 2. The van der Waals surface area contributed by atoms with Gasteiger partial charge >= 0.3 is 6.09 Å². The van der Waals surface area contributed by atoms with Crippen molar-refractivity contribution in [2.45, 2.75) is 44.1 Å². The van der Waals surface area contributed by atoms with Gasteiger partial charge in [0.05, 0.1) is 17.6 Å². The topological polar surface area (TPSA) is 88.8 Å². The van der Waals surface area contributed by atoms with E-state index in [0.29, 0.717) is 26.2 Å². The van der Waals surface area contributed by atoms with Gasteiger partial charge in [0.15, 0.2) is 5.41 Å². The molecule has 0 aromatic carbocycles. The van der Waals surface area contributed by atoms with Crippen LogP contribution in [-0.2, 0) is 14.9 Å². The first kappa shape index (κ1) is 19.3. The molecule has 0 radical (unpaired) electrons. The molecule has 1 saturated carbocycles.